The Bertz CT molecular complexity index is 282. The van der Waals surface area contributed by atoms with E-state index in [1.54, 1.807) is 6.08 Å². The molecule has 0 aromatic rings. The van der Waals surface area contributed by atoms with Crippen LogP contribution in [0, 0.1) is 0 Å². The number of sulfone groups is 1. The fourth-order valence-corrected chi connectivity index (χ4v) is 1.60. The minimum absolute atomic E-state index is 0.0375. The summed E-state index contributed by atoms with van der Waals surface area (Å²) in [7, 11) is -2.93. The van der Waals surface area contributed by atoms with Crippen LogP contribution in [0.4, 0.5) is 0 Å². The molecule has 82 valence electrons. The summed E-state index contributed by atoms with van der Waals surface area (Å²) in [6.07, 6.45) is 3.57. The van der Waals surface area contributed by atoms with Gasteiger partial charge >= 0.3 is 0 Å². The Hall–Kier alpha value is -0.680. The van der Waals surface area contributed by atoms with Crippen molar-refractivity contribution in [3.63, 3.8) is 0 Å². The lowest BCUT2D eigenvalue weighted by atomic mass is 10.2. The van der Waals surface area contributed by atoms with E-state index in [-0.39, 0.29) is 18.1 Å². The highest BCUT2D eigenvalue weighted by Crippen LogP contribution is 1.94. The van der Waals surface area contributed by atoms with Crippen LogP contribution in [0.15, 0.2) is 12.7 Å². The van der Waals surface area contributed by atoms with Crippen LogP contribution in [0.3, 0.4) is 0 Å². The molecule has 0 spiro atoms. The van der Waals surface area contributed by atoms with Crippen LogP contribution in [0.1, 0.15) is 12.8 Å². The molecular formula is C9H17NO3S. The summed E-state index contributed by atoms with van der Waals surface area (Å²) in [5.74, 6) is 0.121. The highest BCUT2D eigenvalue weighted by molar-refractivity contribution is 7.90. The van der Waals surface area contributed by atoms with Crippen LogP contribution in [-0.2, 0) is 14.6 Å². The highest BCUT2D eigenvalue weighted by atomic mass is 32.2. The summed E-state index contributed by atoms with van der Waals surface area (Å²) in [5, 5.41) is 2.87. The van der Waals surface area contributed by atoms with Gasteiger partial charge in [0.25, 0.3) is 0 Å². The molecule has 0 aliphatic carbocycles. The van der Waals surface area contributed by atoms with Crippen molar-refractivity contribution in [1.82, 2.24) is 5.32 Å². The summed E-state index contributed by atoms with van der Waals surface area (Å²) in [6.45, 7) is 4.38. The van der Waals surface area contributed by atoms with E-state index < -0.39 is 9.84 Å². The van der Waals surface area contributed by atoms with Crippen molar-refractivity contribution in [3.05, 3.63) is 12.7 Å². The fraction of sp³-hybridized carbons (Fsp3) is 0.667. The van der Waals surface area contributed by atoms with Crippen molar-refractivity contribution in [2.45, 2.75) is 12.8 Å². The molecule has 0 atom stereocenters. The Kier molecular flexibility index (Phi) is 6.40. The lowest BCUT2D eigenvalue weighted by molar-refractivity contribution is -0.118. The van der Waals surface area contributed by atoms with Crippen molar-refractivity contribution >= 4 is 15.6 Å². The molecule has 1 N–H and O–H groups in total. The van der Waals surface area contributed by atoms with Crippen LogP contribution >= 0.6 is 0 Å². The lowest BCUT2D eigenvalue weighted by Gasteiger charge is -2.00. The molecule has 0 saturated carbocycles. The number of rotatable bonds is 8. The maximum atomic E-state index is 11.1. The number of hydrogen-bond acceptors (Lipinski definition) is 4. The van der Waals surface area contributed by atoms with Crippen molar-refractivity contribution in [1.29, 1.82) is 0 Å². The third kappa shape index (κ3) is 9.41. The van der Waals surface area contributed by atoms with Gasteiger partial charge in [-0.1, -0.05) is 6.08 Å². The van der Waals surface area contributed by atoms with Gasteiger partial charge in [0.15, 0.2) is 0 Å². The lowest BCUT2D eigenvalue weighted by Crippen LogP contribution is -2.23. The zero-order valence-electron chi connectivity index (χ0n) is 8.45. The van der Waals surface area contributed by atoms with Gasteiger partial charge in [-0.05, 0) is 6.42 Å². The van der Waals surface area contributed by atoms with Crippen LogP contribution in [0.2, 0.25) is 0 Å². The summed E-state index contributed by atoms with van der Waals surface area (Å²) in [5.41, 5.74) is 0. The molecule has 5 heteroatoms. The third-order valence-corrected chi connectivity index (χ3v) is 2.61. The number of carbonyl (C=O) groups is 1. The topological polar surface area (TPSA) is 63.2 Å². The monoisotopic (exact) mass is 219 g/mol. The number of hydrogen-bond donors (Lipinski definition) is 1. The Labute approximate surface area is 85.3 Å². The van der Waals surface area contributed by atoms with Gasteiger partial charge in [0.05, 0.1) is 12.3 Å². The van der Waals surface area contributed by atoms with Crippen molar-refractivity contribution in [2.24, 2.45) is 0 Å². The van der Waals surface area contributed by atoms with Crippen molar-refractivity contribution in [3.8, 4) is 0 Å². The second-order valence-corrected chi connectivity index (χ2v) is 5.45. The van der Waals surface area contributed by atoms with Gasteiger partial charge in [-0.15, -0.1) is 6.58 Å². The molecule has 0 aromatic carbocycles. The minimum atomic E-state index is -2.93. The van der Waals surface area contributed by atoms with Crippen molar-refractivity contribution < 1.29 is 13.2 Å². The van der Waals surface area contributed by atoms with E-state index in [1.165, 1.54) is 6.26 Å². The average Bonchev–Trinajstić information content (AvgIpc) is 2.02. The number of Topliss-reactive ketones (excluding diaryl/α,β-unsaturated/α-hetero) is 1. The highest BCUT2D eigenvalue weighted by Gasteiger charge is 2.05. The first kappa shape index (κ1) is 13.3. The van der Waals surface area contributed by atoms with Gasteiger partial charge in [-0.3, -0.25) is 4.79 Å². The van der Waals surface area contributed by atoms with Crippen LogP contribution in [0.5, 0.6) is 0 Å². The van der Waals surface area contributed by atoms with E-state index in [4.69, 9.17) is 0 Å². The van der Waals surface area contributed by atoms with E-state index in [9.17, 15) is 13.2 Å². The smallest absolute Gasteiger partial charge is 0.147 e. The molecule has 0 fully saturated rings. The summed E-state index contributed by atoms with van der Waals surface area (Å²) < 4.78 is 21.5. The molecule has 0 bridgehead atoms. The van der Waals surface area contributed by atoms with Gasteiger partial charge in [-0.25, -0.2) is 8.42 Å². The normalized spacial score (nSPS) is 11.2. The first-order valence-electron chi connectivity index (χ1n) is 4.47. The van der Waals surface area contributed by atoms with Gasteiger partial charge in [0.2, 0.25) is 0 Å². The molecule has 0 saturated heterocycles. The Morgan fingerprint density at radius 1 is 1.50 bits per heavy atom. The summed E-state index contributed by atoms with van der Waals surface area (Å²) >= 11 is 0. The first-order valence-corrected chi connectivity index (χ1v) is 6.53. The molecule has 0 aliphatic rings. The molecule has 0 unspecified atom stereocenters. The maximum absolute atomic E-state index is 11.1. The molecule has 4 nitrogen and oxygen atoms in total. The number of nitrogens with one attached hydrogen (secondary N) is 1. The molecule has 0 rings (SSSR count). The van der Waals surface area contributed by atoms with Crippen LogP contribution < -0.4 is 5.32 Å². The second-order valence-electron chi connectivity index (χ2n) is 3.19. The Morgan fingerprint density at radius 3 is 2.64 bits per heavy atom. The maximum Gasteiger partial charge on any atom is 0.147 e. The van der Waals surface area contributed by atoms with E-state index in [0.29, 0.717) is 19.4 Å². The fourth-order valence-electron chi connectivity index (χ4n) is 0.934. The second kappa shape index (κ2) is 6.73. The zero-order valence-corrected chi connectivity index (χ0v) is 9.27. The molecule has 0 aliphatic heterocycles. The molecular weight excluding hydrogens is 202 g/mol. The Balaban J connectivity index is 3.50. The van der Waals surface area contributed by atoms with Crippen LogP contribution in [-0.4, -0.2) is 39.3 Å². The summed E-state index contributed by atoms with van der Waals surface area (Å²) in [6, 6.07) is 0. The first-order chi connectivity index (χ1) is 6.45. The quantitative estimate of drug-likeness (QED) is 0.466. The van der Waals surface area contributed by atoms with E-state index >= 15 is 0 Å². The van der Waals surface area contributed by atoms with Gasteiger partial charge < -0.3 is 5.32 Å². The van der Waals surface area contributed by atoms with Crippen molar-refractivity contribution in [2.75, 3.05) is 25.1 Å². The predicted molar refractivity (Wildman–Crippen MR) is 57.0 cm³/mol. The Morgan fingerprint density at radius 2 is 2.14 bits per heavy atom. The SMILES string of the molecule is C=CCNCC(=O)CCCS(C)(=O)=O. The van der Waals surface area contributed by atoms with Gasteiger partial charge in [0, 0.05) is 19.2 Å². The number of ketones is 1. The standard InChI is InChI=1S/C9H17NO3S/c1-3-6-10-8-9(11)5-4-7-14(2,12)13/h3,10H,1,4-8H2,2H3. The van der Waals surface area contributed by atoms with E-state index in [0.717, 1.165) is 0 Å². The molecule has 0 aromatic heterocycles. The molecule has 0 amide bonds. The predicted octanol–water partition coefficient (Wildman–Crippen LogP) is 0.156. The van der Waals surface area contributed by atoms with Crippen LogP contribution in [0.25, 0.3) is 0 Å². The van der Waals surface area contributed by atoms with E-state index in [2.05, 4.69) is 11.9 Å². The molecule has 14 heavy (non-hydrogen) atoms. The largest absolute Gasteiger partial charge is 0.307 e. The molecule has 0 heterocycles. The number of carbonyl (C=O) groups excluding carboxylic acids is 1. The zero-order chi connectivity index (χ0) is 11.0. The minimum Gasteiger partial charge on any atom is -0.307 e. The van der Waals surface area contributed by atoms with Gasteiger partial charge in [-0.2, -0.15) is 0 Å². The third-order valence-electron chi connectivity index (χ3n) is 1.58. The van der Waals surface area contributed by atoms with E-state index in [1.807, 2.05) is 0 Å². The average molecular weight is 219 g/mol. The van der Waals surface area contributed by atoms with Gasteiger partial charge in [0.1, 0.15) is 15.6 Å². The molecule has 0 radical (unpaired) electrons. The summed E-state index contributed by atoms with van der Waals surface area (Å²) in [4.78, 5) is 11.1.